The van der Waals surface area contributed by atoms with Crippen LogP contribution in [0.3, 0.4) is 0 Å². The molecular formula is C26H29F4N3O2. The maximum atomic E-state index is 14.3. The van der Waals surface area contributed by atoms with Crippen molar-refractivity contribution in [1.29, 1.82) is 5.26 Å². The van der Waals surface area contributed by atoms with Crippen LogP contribution >= 0.6 is 0 Å². The van der Waals surface area contributed by atoms with Gasteiger partial charge in [-0.25, -0.2) is 4.39 Å². The molecule has 1 amide bonds. The van der Waals surface area contributed by atoms with Crippen LogP contribution < -0.4 is 10.6 Å². The van der Waals surface area contributed by atoms with E-state index in [1.54, 1.807) is 31.2 Å². The molecule has 1 aliphatic rings. The molecule has 0 heterocycles. The lowest BCUT2D eigenvalue weighted by Gasteiger charge is -2.29. The maximum Gasteiger partial charge on any atom is 0.412 e. The summed E-state index contributed by atoms with van der Waals surface area (Å²) in [4.78, 5) is 12.9. The molecule has 3 N–H and O–H groups in total. The molecule has 0 unspecified atom stereocenters. The number of aliphatic hydroxyl groups is 1. The van der Waals surface area contributed by atoms with Gasteiger partial charge < -0.3 is 10.4 Å². The van der Waals surface area contributed by atoms with Gasteiger partial charge in [-0.2, -0.15) is 18.4 Å². The average Bonchev–Trinajstić information content (AvgIpc) is 3.55. The van der Waals surface area contributed by atoms with Crippen molar-refractivity contribution in [3.8, 4) is 17.2 Å². The van der Waals surface area contributed by atoms with Gasteiger partial charge in [-0.15, -0.1) is 0 Å². The quantitative estimate of drug-likeness (QED) is 0.417. The number of nitrogens with one attached hydrogen (secondary N) is 2. The van der Waals surface area contributed by atoms with Crippen molar-refractivity contribution >= 4 is 5.91 Å². The number of amides is 1. The summed E-state index contributed by atoms with van der Waals surface area (Å²) in [6.07, 6.45) is -4.91. The topological polar surface area (TPSA) is 85.2 Å². The first-order valence-electron chi connectivity index (χ1n) is 11.4. The molecule has 9 heteroatoms. The van der Waals surface area contributed by atoms with Crippen molar-refractivity contribution in [2.24, 2.45) is 0 Å². The second-order valence-corrected chi connectivity index (χ2v) is 9.72. The lowest BCUT2D eigenvalue weighted by Crippen LogP contribution is -2.53. The van der Waals surface area contributed by atoms with E-state index < -0.39 is 41.5 Å². The summed E-state index contributed by atoms with van der Waals surface area (Å²) >= 11 is 0. The van der Waals surface area contributed by atoms with Crippen molar-refractivity contribution in [3.63, 3.8) is 0 Å². The zero-order valence-electron chi connectivity index (χ0n) is 19.8. The summed E-state index contributed by atoms with van der Waals surface area (Å²) in [5.41, 5.74) is -0.870. The van der Waals surface area contributed by atoms with E-state index in [2.05, 4.69) is 5.32 Å². The Bertz CT molecular complexity index is 1060. The van der Waals surface area contributed by atoms with Crippen molar-refractivity contribution in [2.45, 2.75) is 75.6 Å². The monoisotopic (exact) mass is 491 g/mol. The third kappa shape index (κ3) is 7.03. The fourth-order valence-corrected chi connectivity index (χ4v) is 3.86. The first-order valence-corrected chi connectivity index (χ1v) is 11.4. The number of benzene rings is 2. The predicted molar refractivity (Wildman–Crippen MR) is 124 cm³/mol. The van der Waals surface area contributed by atoms with E-state index in [0.29, 0.717) is 24.0 Å². The molecule has 0 aromatic heterocycles. The van der Waals surface area contributed by atoms with E-state index in [1.807, 2.05) is 11.4 Å². The van der Waals surface area contributed by atoms with Crippen LogP contribution in [0.5, 0.6) is 0 Å². The average molecular weight is 492 g/mol. The van der Waals surface area contributed by atoms with Gasteiger partial charge in [0.25, 0.3) is 0 Å². The van der Waals surface area contributed by atoms with Crippen molar-refractivity contribution in [2.75, 3.05) is 0 Å². The number of hydrogen-bond acceptors (Lipinski definition) is 4. The van der Waals surface area contributed by atoms with Crippen LogP contribution in [-0.4, -0.2) is 34.4 Å². The van der Waals surface area contributed by atoms with Gasteiger partial charge in [-0.3, -0.25) is 10.1 Å². The lowest BCUT2D eigenvalue weighted by atomic mass is 9.97. The minimum absolute atomic E-state index is 0.171. The molecule has 1 saturated carbocycles. The minimum Gasteiger partial charge on any atom is -0.389 e. The van der Waals surface area contributed by atoms with Gasteiger partial charge in [0, 0.05) is 6.42 Å². The largest absolute Gasteiger partial charge is 0.412 e. The van der Waals surface area contributed by atoms with Crippen LogP contribution in [0.4, 0.5) is 17.6 Å². The molecule has 5 nitrogen and oxygen atoms in total. The number of hydrogen-bond donors (Lipinski definition) is 3. The summed E-state index contributed by atoms with van der Waals surface area (Å²) in [6, 6.07) is 11.0. The highest BCUT2D eigenvalue weighted by molar-refractivity contribution is 5.82. The predicted octanol–water partition coefficient (Wildman–Crippen LogP) is 5.28. The Morgan fingerprint density at radius 1 is 1.03 bits per heavy atom. The van der Waals surface area contributed by atoms with Crippen molar-refractivity contribution in [3.05, 3.63) is 59.7 Å². The highest BCUT2D eigenvalue weighted by Crippen LogP contribution is 2.37. The number of aliphatic hydroxyl groups excluding tert-OH is 1. The second kappa shape index (κ2) is 9.96. The normalized spacial score (nSPS) is 17.7. The van der Waals surface area contributed by atoms with E-state index in [9.17, 15) is 32.7 Å². The Kier molecular flexibility index (Phi) is 7.58. The van der Waals surface area contributed by atoms with Crippen LogP contribution in [0.15, 0.2) is 48.5 Å². The molecule has 0 radical (unpaired) electrons. The number of alkyl halides is 4. The van der Waals surface area contributed by atoms with Gasteiger partial charge in [-0.1, -0.05) is 48.5 Å². The van der Waals surface area contributed by atoms with E-state index in [4.69, 9.17) is 0 Å². The van der Waals surface area contributed by atoms with Gasteiger partial charge in [0.1, 0.15) is 11.2 Å². The SMILES string of the molecule is C[C@@H](O)c1ccc(-c2ccc([C@H](NC(=O)[C@H](CC(C)(C)F)NC3(C#N)CC3)C(F)(F)F)cc2)cc1. The van der Waals surface area contributed by atoms with Gasteiger partial charge in [0.05, 0.1) is 18.2 Å². The fourth-order valence-electron chi connectivity index (χ4n) is 3.86. The molecule has 2 aromatic rings. The Labute approximate surface area is 202 Å². The highest BCUT2D eigenvalue weighted by atomic mass is 19.4. The van der Waals surface area contributed by atoms with Gasteiger partial charge in [0.15, 0.2) is 6.04 Å². The lowest BCUT2D eigenvalue weighted by molar-refractivity contribution is -0.164. The molecule has 0 saturated heterocycles. The molecule has 0 spiro atoms. The first kappa shape index (κ1) is 26.6. The zero-order chi connectivity index (χ0) is 26.0. The fraction of sp³-hybridized carbons (Fsp3) is 0.462. The number of carbonyl (C=O) groups is 1. The molecule has 3 atom stereocenters. The summed E-state index contributed by atoms with van der Waals surface area (Å²) < 4.78 is 56.2. The van der Waals surface area contributed by atoms with Gasteiger partial charge >= 0.3 is 6.18 Å². The summed E-state index contributed by atoms with van der Waals surface area (Å²) in [6.45, 7) is 4.10. The number of nitriles is 1. The molecule has 1 fully saturated rings. The zero-order valence-corrected chi connectivity index (χ0v) is 19.8. The van der Waals surface area contributed by atoms with Crippen LogP contribution in [0.1, 0.15) is 63.3 Å². The van der Waals surface area contributed by atoms with Crippen molar-refractivity contribution < 1.29 is 27.5 Å². The van der Waals surface area contributed by atoms with Crippen LogP contribution in [0.25, 0.3) is 11.1 Å². The number of nitrogens with zero attached hydrogens (tertiary/aromatic N) is 1. The molecule has 2 aromatic carbocycles. The van der Waals surface area contributed by atoms with E-state index in [0.717, 1.165) is 5.56 Å². The maximum absolute atomic E-state index is 14.3. The highest BCUT2D eigenvalue weighted by Gasteiger charge is 2.48. The molecule has 1 aliphatic carbocycles. The number of rotatable bonds is 9. The second-order valence-electron chi connectivity index (χ2n) is 9.72. The number of carbonyl (C=O) groups excluding carboxylic acids is 1. The van der Waals surface area contributed by atoms with E-state index in [1.165, 1.54) is 38.1 Å². The molecule has 0 aliphatic heterocycles. The molecule has 3 rings (SSSR count). The third-order valence-electron chi connectivity index (χ3n) is 6.00. The molecule has 0 bridgehead atoms. The Morgan fingerprint density at radius 3 is 1.89 bits per heavy atom. The van der Waals surface area contributed by atoms with Crippen LogP contribution in [0.2, 0.25) is 0 Å². The Balaban J connectivity index is 1.81. The van der Waals surface area contributed by atoms with Crippen molar-refractivity contribution in [1.82, 2.24) is 10.6 Å². The van der Waals surface area contributed by atoms with Gasteiger partial charge in [0.2, 0.25) is 5.91 Å². The standard InChI is InChI=1S/C26H29F4N3O2/c1-16(34)17-4-6-18(7-5-17)19-8-10-20(11-9-19)22(26(28,29)30)32-23(35)21(14-24(2,3)27)33-25(15-31)12-13-25/h4-11,16,21-22,33-34H,12-14H2,1-3H3,(H,32,35)/t16-,21+,22+/m1/s1. The molecule has 35 heavy (non-hydrogen) atoms. The Morgan fingerprint density at radius 2 is 1.51 bits per heavy atom. The summed E-state index contributed by atoms with van der Waals surface area (Å²) in [7, 11) is 0. The minimum atomic E-state index is -4.79. The van der Waals surface area contributed by atoms with E-state index >= 15 is 0 Å². The summed E-state index contributed by atoms with van der Waals surface area (Å²) in [5.74, 6) is -1.02. The van der Waals surface area contributed by atoms with Gasteiger partial charge in [-0.05, 0) is 55.9 Å². The smallest absolute Gasteiger partial charge is 0.389 e. The molecular weight excluding hydrogens is 462 g/mol. The van der Waals surface area contributed by atoms with Crippen LogP contribution in [0, 0.1) is 11.3 Å². The number of halogens is 4. The van der Waals surface area contributed by atoms with Crippen LogP contribution in [-0.2, 0) is 4.79 Å². The molecule has 188 valence electrons. The first-order chi connectivity index (χ1) is 16.2. The third-order valence-corrected chi connectivity index (χ3v) is 6.00. The summed E-state index contributed by atoms with van der Waals surface area (Å²) in [5, 5.41) is 23.7. The van der Waals surface area contributed by atoms with E-state index in [-0.39, 0.29) is 12.0 Å². The Hall–Kier alpha value is -2.96.